The molecule has 0 bridgehead atoms. The second-order valence-electron chi connectivity index (χ2n) is 2.82. The molecule has 0 spiro atoms. The minimum absolute atomic E-state index is 0.00117. The second kappa shape index (κ2) is 4.77. The highest BCUT2D eigenvalue weighted by atomic mass is 35.5. The van der Waals surface area contributed by atoms with E-state index in [9.17, 15) is 9.59 Å². The van der Waals surface area contributed by atoms with E-state index in [4.69, 9.17) is 16.7 Å². The van der Waals surface area contributed by atoms with E-state index in [1.807, 2.05) is 0 Å². The van der Waals surface area contributed by atoms with Crippen molar-refractivity contribution < 1.29 is 14.7 Å². The van der Waals surface area contributed by atoms with Gasteiger partial charge in [-0.15, -0.1) is 0 Å². The van der Waals surface area contributed by atoms with E-state index in [0.29, 0.717) is 17.5 Å². The molecule has 3 nitrogen and oxygen atoms in total. The third-order valence-electron chi connectivity index (χ3n) is 1.84. The van der Waals surface area contributed by atoms with Crippen molar-refractivity contribution in [3.63, 3.8) is 0 Å². The van der Waals surface area contributed by atoms with E-state index in [0.717, 1.165) is 0 Å². The predicted molar refractivity (Wildman–Crippen MR) is 52.6 cm³/mol. The smallest absolute Gasteiger partial charge is 0.303 e. The largest absolute Gasteiger partial charge is 0.481 e. The summed E-state index contributed by atoms with van der Waals surface area (Å²) in [5.41, 5.74) is 1.06. The molecule has 0 aliphatic rings. The Labute approximate surface area is 86.3 Å². The first-order valence-electron chi connectivity index (χ1n) is 4.11. The van der Waals surface area contributed by atoms with Crippen LogP contribution in [0.4, 0.5) is 0 Å². The van der Waals surface area contributed by atoms with Crippen LogP contribution in [-0.4, -0.2) is 16.3 Å². The van der Waals surface area contributed by atoms with Crippen molar-refractivity contribution in [1.82, 2.24) is 0 Å². The standard InChI is InChI=1S/C10H9ClO3/c11-10(14)8-4-2-1-3-7(8)5-6-9(12)13/h1-4H,5-6H2,(H,12,13). The van der Waals surface area contributed by atoms with Gasteiger partial charge in [-0.3, -0.25) is 9.59 Å². The van der Waals surface area contributed by atoms with E-state index in [1.165, 1.54) is 0 Å². The molecule has 1 aromatic rings. The van der Waals surface area contributed by atoms with Crippen LogP contribution >= 0.6 is 11.6 Å². The molecule has 0 amide bonds. The van der Waals surface area contributed by atoms with Gasteiger partial charge in [-0.25, -0.2) is 0 Å². The van der Waals surface area contributed by atoms with Crippen LogP contribution in [-0.2, 0) is 11.2 Å². The average Bonchev–Trinajstić information content (AvgIpc) is 2.15. The Morgan fingerprint density at radius 1 is 1.29 bits per heavy atom. The Morgan fingerprint density at radius 3 is 2.50 bits per heavy atom. The summed E-state index contributed by atoms with van der Waals surface area (Å²) in [7, 11) is 0. The summed E-state index contributed by atoms with van der Waals surface area (Å²) in [5.74, 6) is -0.887. The van der Waals surface area contributed by atoms with Crippen LogP contribution in [0.25, 0.3) is 0 Å². The number of hydrogen-bond acceptors (Lipinski definition) is 2. The second-order valence-corrected chi connectivity index (χ2v) is 3.17. The number of halogens is 1. The minimum Gasteiger partial charge on any atom is -0.481 e. The van der Waals surface area contributed by atoms with E-state index in [1.54, 1.807) is 24.3 Å². The Morgan fingerprint density at radius 2 is 1.93 bits per heavy atom. The summed E-state index contributed by atoms with van der Waals surface area (Å²) in [5, 5.41) is 7.94. The number of carbonyl (C=O) groups is 2. The SMILES string of the molecule is O=C(O)CCc1ccccc1C(=O)Cl. The zero-order valence-corrected chi connectivity index (χ0v) is 8.12. The number of aryl methyl sites for hydroxylation is 1. The first-order chi connectivity index (χ1) is 6.61. The molecule has 1 rings (SSSR count). The predicted octanol–water partition coefficient (Wildman–Crippen LogP) is 2.08. The summed E-state index contributed by atoms with van der Waals surface area (Å²) in [6.07, 6.45) is 0.325. The summed E-state index contributed by atoms with van der Waals surface area (Å²) >= 11 is 5.34. The summed E-state index contributed by atoms with van der Waals surface area (Å²) in [6.45, 7) is 0. The fourth-order valence-electron chi connectivity index (χ4n) is 1.17. The van der Waals surface area contributed by atoms with Crippen molar-refractivity contribution in [2.45, 2.75) is 12.8 Å². The van der Waals surface area contributed by atoms with Crippen molar-refractivity contribution in [3.8, 4) is 0 Å². The molecule has 0 radical (unpaired) electrons. The number of hydrogen-bond donors (Lipinski definition) is 1. The van der Waals surface area contributed by atoms with Gasteiger partial charge in [0.1, 0.15) is 0 Å². The average molecular weight is 213 g/mol. The first kappa shape index (κ1) is 10.7. The lowest BCUT2D eigenvalue weighted by Gasteiger charge is -2.03. The van der Waals surface area contributed by atoms with Crippen LogP contribution in [0.15, 0.2) is 24.3 Å². The molecular formula is C10H9ClO3. The molecular weight excluding hydrogens is 204 g/mol. The minimum atomic E-state index is -0.887. The van der Waals surface area contributed by atoms with E-state index >= 15 is 0 Å². The van der Waals surface area contributed by atoms with Gasteiger partial charge in [-0.1, -0.05) is 18.2 Å². The topological polar surface area (TPSA) is 54.4 Å². The number of carboxylic acids is 1. The highest BCUT2D eigenvalue weighted by molar-refractivity contribution is 6.67. The van der Waals surface area contributed by atoms with Gasteiger partial charge >= 0.3 is 5.97 Å². The van der Waals surface area contributed by atoms with E-state index < -0.39 is 11.2 Å². The fraction of sp³-hybridized carbons (Fsp3) is 0.200. The number of rotatable bonds is 4. The van der Waals surface area contributed by atoms with Gasteiger partial charge in [-0.05, 0) is 29.7 Å². The van der Waals surface area contributed by atoms with Gasteiger partial charge < -0.3 is 5.11 Å². The van der Waals surface area contributed by atoms with Gasteiger partial charge in [0.2, 0.25) is 0 Å². The van der Waals surface area contributed by atoms with E-state index in [2.05, 4.69) is 0 Å². The number of benzene rings is 1. The van der Waals surface area contributed by atoms with E-state index in [-0.39, 0.29) is 6.42 Å². The molecule has 0 atom stereocenters. The fourth-order valence-corrected chi connectivity index (χ4v) is 1.36. The quantitative estimate of drug-likeness (QED) is 0.778. The molecule has 14 heavy (non-hydrogen) atoms. The molecule has 1 aromatic carbocycles. The third kappa shape index (κ3) is 2.85. The molecule has 0 aliphatic carbocycles. The summed E-state index contributed by atoms with van der Waals surface area (Å²) < 4.78 is 0. The van der Waals surface area contributed by atoms with Crippen molar-refractivity contribution in [2.75, 3.05) is 0 Å². The number of carboxylic acid groups (broad SMARTS) is 1. The Bertz CT molecular complexity index is 360. The Hall–Kier alpha value is -1.35. The van der Waals surface area contributed by atoms with Gasteiger partial charge in [0, 0.05) is 12.0 Å². The van der Waals surface area contributed by atoms with Gasteiger partial charge in [-0.2, -0.15) is 0 Å². The molecule has 4 heteroatoms. The highest BCUT2D eigenvalue weighted by Gasteiger charge is 2.08. The Kier molecular flexibility index (Phi) is 3.65. The van der Waals surface area contributed by atoms with Crippen LogP contribution in [0.5, 0.6) is 0 Å². The summed E-state index contributed by atoms with van der Waals surface area (Å²) in [6, 6.07) is 6.74. The lowest BCUT2D eigenvalue weighted by molar-refractivity contribution is -0.136. The van der Waals surface area contributed by atoms with Crippen molar-refractivity contribution in [1.29, 1.82) is 0 Å². The third-order valence-corrected chi connectivity index (χ3v) is 2.04. The number of aliphatic carboxylic acids is 1. The van der Waals surface area contributed by atoms with Gasteiger partial charge in [0.25, 0.3) is 5.24 Å². The molecule has 0 heterocycles. The molecule has 1 N–H and O–H groups in total. The molecule has 74 valence electrons. The first-order valence-corrected chi connectivity index (χ1v) is 4.48. The molecule has 0 unspecified atom stereocenters. The zero-order chi connectivity index (χ0) is 10.6. The molecule has 0 fully saturated rings. The Balaban J connectivity index is 2.84. The lowest BCUT2D eigenvalue weighted by atomic mass is 10.0. The lowest BCUT2D eigenvalue weighted by Crippen LogP contribution is -2.02. The van der Waals surface area contributed by atoms with Gasteiger partial charge in [0.05, 0.1) is 0 Å². The molecule has 0 saturated heterocycles. The molecule has 0 aromatic heterocycles. The summed E-state index contributed by atoms with van der Waals surface area (Å²) in [4.78, 5) is 21.3. The van der Waals surface area contributed by atoms with Crippen LogP contribution in [0.1, 0.15) is 22.3 Å². The van der Waals surface area contributed by atoms with Crippen LogP contribution in [0.3, 0.4) is 0 Å². The van der Waals surface area contributed by atoms with Crippen LogP contribution < -0.4 is 0 Å². The highest BCUT2D eigenvalue weighted by Crippen LogP contribution is 2.13. The molecule has 0 aliphatic heterocycles. The molecule has 0 saturated carbocycles. The zero-order valence-electron chi connectivity index (χ0n) is 7.37. The monoisotopic (exact) mass is 212 g/mol. The van der Waals surface area contributed by atoms with Crippen LogP contribution in [0, 0.1) is 0 Å². The normalized spacial score (nSPS) is 9.79. The number of carbonyl (C=O) groups excluding carboxylic acids is 1. The maximum atomic E-state index is 10.9. The maximum absolute atomic E-state index is 10.9. The van der Waals surface area contributed by atoms with Crippen molar-refractivity contribution in [3.05, 3.63) is 35.4 Å². The van der Waals surface area contributed by atoms with Crippen molar-refractivity contribution >= 4 is 22.8 Å². The van der Waals surface area contributed by atoms with Crippen molar-refractivity contribution in [2.24, 2.45) is 0 Å². The van der Waals surface area contributed by atoms with Crippen LogP contribution in [0.2, 0.25) is 0 Å². The van der Waals surface area contributed by atoms with Gasteiger partial charge in [0.15, 0.2) is 0 Å². The maximum Gasteiger partial charge on any atom is 0.303 e.